The second-order valence-electron chi connectivity index (χ2n) is 2.68. The molecule has 1 aromatic carbocycles. The lowest BCUT2D eigenvalue weighted by atomic mass is 10.2. The summed E-state index contributed by atoms with van der Waals surface area (Å²) in [4.78, 5) is 0. The Labute approximate surface area is 82.7 Å². The summed E-state index contributed by atoms with van der Waals surface area (Å²) in [5, 5.41) is 17.7. The molecule has 0 atom stereocenters. The van der Waals surface area contributed by atoms with Crippen LogP contribution in [0.3, 0.4) is 0 Å². The van der Waals surface area contributed by atoms with Crippen molar-refractivity contribution >= 4 is 0 Å². The maximum atomic E-state index is 9.04. The molecule has 0 fully saturated rings. The molecule has 78 valence electrons. The molecule has 0 saturated carbocycles. The molecule has 0 aliphatic heterocycles. The van der Waals surface area contributed by atoms with Crippen molar-refractivity contribution in [3.05, 3.63) is 23.8 Å². The molecule has 2 N–H and O–H groups in total. The number of rotatable bonds is 5. The minimum absolute atomic E-state index is 0.0666. The third-order valence-electron chi connectivity index (χ3n) is 1.79. The smallest absolute Gasteiger partial charge is 0.166 e. The number of aliphatic hydroxyl groups is 2. The van der Waals surface area contributed by atoms with Crippen LogP contribution in [0.5, 0.6) is 11.5 Å². The molecule has 1 rings (SSSR count). The lowest BCUT2D eigenvalue weighted by Gasteiger charge is -2.12. The van der Waals surface area contributed by atoms with E-state index in [4.69, 9.17) is 19.7 Å². The van der Waals surface area contributed by atoms with Gasteiger partial charge in [0.25, 0.3) is 0 Å². The van der Waals surface area contributed by atoms with E-state index in [9.17, 15) is 0 Å². The number of methoxy groups -OCH3 is 1. The van der Waals surface area contributed by atoms with Crippen LogP contribution in [0.15, 0.2) is 18.2 Å². The monoisotopic (exact) mass is 198 g/mol. The minimum Gasteiger partial charge on any atom is -0.493 e. The van der Waals surface area contributed by atoms with Gasteiger partial charge in [-0.25, -0.2) is 0 Å². The number of ether oxygens (including phenoxy) is 2. The topological polar surface area (TPSA) is 58.9 Å². The Hall–Kier alpha value is -1.26. The molecular formula is C10H14O4. The van der Waals surface area contributed by atoms with E-state index in [2.05, 4.69) is 0 Å². The van der Waals surface area contributed by atoms with Crippen LogP contribution in [-0.4, -0.2) is 30.5 Å². The maximum Gasteiger partial charge on any atom is 0.166 e. The van der Waals surface area contributed by atoms with Crippen molar-refractivity contribution in [2.45, 2.75) is 6.61 Å². The van der Waals surface area contributed by atoms with Gasteiger partial charge in [0.15, 0.2) is 11.5 Å². The van der Waals surface area contributed by atoms with Crippen molar-refractivity contribution in [3.63, 3.8) is 0 Å². The summed E-state index contributed by atoms with van der Waals surface area (Å²) in [6.07, 6.45) is 0. The summed E-state index contributed by atoms with van der Waals surface area (Å²) in [5.41, 5.74) is 0.651. The number of hydrogen-bond acceptors (Lipinski definition) is 4. The molecule has 1 aromatic rings. The fraction of sp³-hybridized carbons (Fsp3) is 0.400. The molecule has 0 saturated heterocycles. The van der Waals surface area contributed by atoms with Crippen LogP contribution in [0.2, 0.25) is 0 Å². The molecular weight excluding hydrogens is 184 g/mol. The Balaban J connectivity index is 2.93. The maximum absolute atomic E-state index is 9.04. The summed E-state index contributed by atoms with van der Waals surface area (Å²) >= 11 is 0. The van der Waals surface area contributed by atoms with E-state index < -0.39 is 0 Å². The largest absolute Gasteiger partial charge is 0.493 e. The molecule has 0 aliphatic rings. The van der Waals surface area contributed by atoms with Crippen LogP contribution in [0.1, 0.15) is 5.56 Å². The number of hydrogen-bond donors (Lipinski definition) is 2. The highest BCUT2D eigenvalue weighted by molar-refractivity contribution is 5.46. The molecule has 0 radical (unpaired) electrons. The Morgan fingerprint density at radius 1 is 1.29 bits per heavy atom. The summed E-state index contributed by atoms with van der Waals surface area (Å²) in [7, 11) is 1.53. The average molecular weight is 198 g/mol. The molecule has 0 aromatic heterocycles. The van der Waals surface area contributed by atoms with E-state index in [-0.39, 0.29) is 19.8 Å². The number of para-hydroxylation sites is 1. The van der Waals surface area contributed by atoms with E-state index in [0.29, 0.717) is 17.1 Å². The van der Waals surface area contributed by atoms with Gasteiger partial charge >= 0.3 is 0 Å². The summed E-state index contributed by atoms with van der Waals surface area (Å²) < 4.78 is 10.3. The van der Waals surface area contributed by atoms with Crippen molar-refractivity contribution in [2.24, 2.45) is 0 Å². The fourth-order valence-electron chi connectivity index (χ4n) is 1.16. The average Bonchev–Trinajstić information content (AvgIpc) is 2.25. The molecule has 14 heavy (non-hydrogen) atoms. The predicted octanol–water partition coefficient (Wildman–Crippen LogP) is 0.559. The van der Waals surface area contributed by atoms with Gasteiger partial charge in [0.1, 0.15) is 6.61 Å². The molecule has 0 heterocycles. The summed E-state index contributed by atoms with van der Waals surface area (Å²) in [6, 6.07) is 5.26. The summed E-state index contributed by atoms with van der Waals surface area (Å²) in [6.45, 7) is 0.00819. The highest BCUT2D eigenvalue weighted by Gasteiger charge is 2.08. The van der Waals surface area contributed by atoms with Gasteiger partial charge in [-0.15, -0.1) is 0 Å². The van der Waals surface area contributed by atoms with Crippen molar-refractivity contribution in [1.82, 2.24) is 0 Å². The Morgan fingerprint density at radius 3 is 2.64 bits per heavy atom. The lowest BCUT2D eigenvalue weighted by Crippen LogP contribution is -2.05. The van der Waals surface area contributed by atoms with E-state index >= 15 is 0 Å². The quantitative estimate of drug-likeness (QED) is 0.725. The molecule has 0 unspecified atom stereocenters. The van der Waals surface area contributed by atoms with Crippen molar-refractivity contribution < 1.29 is 19.7 Å². The van der Waals surface area contributed by atoms with Crippen LogP contribution in [0.25, 0.3) is 0 Å². The van der Waals surface area contributed by atoms with Gasteiger partial charge in [0, 0.05) is 5.56 Å². The third kappa shape index (κ3) is 2.37. The van der Waals surface area contributed by atoms with Crippen LogP contribution < -0.4 is 9.47 Å². The van der Waals surface area contributed by atoms with E-state index in [1.807, 2.05) is 0 Å². The third-order valence-corrected chi connectivity index (χ3v) is 1.79. The minimum atomic E-state index is -0.113. The van der Waals surface area contributed by atoms with E-state index in [1.165, 1.54) is 7.11 Å². The van der Waals surface area contributed by atoms with Gasteiger partial charge in [0.05, 0.1) is 20.3 Å². The summed E-state index contributed by atoms with van der Waals surface area (Å²) in [5.74, 6) is 1.05. The Kier molecular flexibility index (Phi) is 4.22. The standard InChI is InChI=1S/C10H14O4/c1-13-9-4-2-3-8(7-12)10(9)14-6-5-11/h2-4,11-12H,5-7H2,1H3. The first-order chi connectivity index (χ1) is 6.83. The molecule has 4 heteroatoms. The van der Waals surface area contributed by atoms with Crippen molar-refractivity contribution in [2.75, 3.05) is 20.3 Å². The highest BCUT2D eigenvalue weighted by atomic mass is 16.5. The van der Waals surface area contributed by atoms with E-state index in [0.717, 1.165) is 0 Å². The molecule has 0 bridgehead atoms. The highest BCUT2D eigenvalue weighted by Crippen LogP contribution is 2.30. The van der Waals surface area contributed by atoms with Crippen LogP contribution in [0.4, 0.5) is 0 Å². The Bertz CT molecular complexity index is 263. The predicted molar refractivity (Wildman–Crippen MR) is 51.5 cm³/mol. The zero-order chi connectivity index (χ0) is 10.4. The molecule has 0 aliphatic carbocycles. The van der Waals surface area contributed by atoms with Crippen molar-refractivity contribution in [3.8, 4) is 11.5 Å². The van der Waals surface area contributed by atoms with Gasteiger partial charge in [-0.2, -0.15) is 0 Å². The first-order valence-electron chi connectivity index (χ1n) is 4.34. The van der Waals surface area contributed by atoms with Gasteiger partial charge in [-0.3, -0.25) is 0 Å². The van der Waals surface area contributed by atoms with Gasteiger partial charge in [-0.05, 0) is 6.07 Å². The number of benzene rings is 1. The van der Waals surface area contributed by atoms with Crippen molar-refractivity contribution in [1.29, 1.82) is 0 Å². The SMILES string of the molecule is COc1cccc(CO)c1OCCO. The van der Waals surface area contributed by atoms with Crippen LogP contribution >= 0.6 is 0 Å². The van der Waals surface area contributed by atoms with Crippen LogP contribution in [-0.2, 0) is 6.61 Å². The molecule has 0 spiro atoms. The Morgan fingerprint density at radius 2 is 2.07 bits per heavy atom. The normalized spacial score (nSPS) is 9.93. The number of aliphatic hydroxyl groups excluding tert-OH is 2. The van der Waals surface area contributed by atoms with Gasteiger partial charge in [0.2, 0.25) is 0 Å². The lowest BCUT2D eigenvalue weighted by molar-refractivity contribution is 0.190. The first-order valence-corrected chi connectivity index (χ1v) is 4.34. The van der Waals surface area contributed by atoms with Gasteiger partial charge in [-0.1, -0.05) is 12.1 Å². The van der Waals surface area contributed by atoms with Gasteiger partial charge < -0.3 is 19.7 Å². The zero-order valence-corrected chi connectivity index (χ0v) is 8.06. The fourth-order valence-corrected chi connectivity index (χ4v) is 1.16. The second kappa shape index (κ2) is 5.47. The zero-order valence-electron chi connectivity index (χ0n) is 8.06. The molecule has 4 nitrogen and oxygen atoms in total. The molecule has 0 amide bonds. The van der Waals surface area contributed by atoms with E-state index in [1.54, 1.807) is 18.2 Å². The second-order valence-corrected chi connectivity index (χ2v) is 2.68. The first kappa shape index (κ1) is 10.8. The van der Waals surface area contributed by atoms with Crippen LogP contribution in [0, 0.1) is 0 Å².